The fourth-order valence-corrected chi connectivity index (χ4v) is 1.81. The highest BCUT2D eigenvalue weighted by molar-refractivity contribution is 5.60. The first-order chi connectivity index (χ1) is 9.76. The molecule has 0 N–H and O–H groups in total. The number of aromatic nitrogens is 3. The average Bonchev–Trinajstić information content (AvgIpc) is 2.98. The van der Waals surface area contributed by atoms with Gasteiger partial charge in [0.05, 0.1) is 7.11 Å². The molecular formula is C15H13N3O2. The second-order valence-electron chi connectivity index (χ2n) is 4.38. The van der Waals surface area contributed by atoms with E-state index in [9.17, 15) is 0 Å². The van der Waals surface area contributed by atoms with Crippen LogP contribution >= 0.6 is 0 Å². The zero-order valence-corrected chi connectivity index (χ0v) is 11.2. The Bertz CT molecular complexity index is 720. The molecule has 0 atom stereocenters. The zero-order chi connectivity index (χ0) is 13.9. The number of aryl methyl sites for hydroxylation is 1. The van der Waals surface area contributed by atoms with Crippen LogP contribution in [0.1, 0.15) is 5.56 Å². The minimum Gasteiger partial charge on any atom is -0.481 e. The molecule has 100 valence electrons. The fraction of sp³-hybridized carbons (Fsp3) is 0.133. The van der Waals surface area contributed by atoms with Gasteiger partial charge in [0.15, 0.2) is 0 Å². The van der Waals surface area contributed by atoms with Gasteiger partial charge >= 0.3 is 0 Å². The van der Waals surface area contributed by atoms with Gasteiger partial charge in [-0.15, -0.1) is 0 Å². The monoisotopic (exact) mass is 267 g/mol. The highest BCUT2D eigenvalue weighted by Gasteiger charge is 2.11. The van der Waals surface area contributed by atoms with Crippen LogP contribution in [0.2, 0.25) is 0 Å². The molecule has 0 saturated heterocycles. The summed E-state index contributed by atoms with van der Waals surface area (Å²) < 4.78 is 10.4. The predicted molar refractivity (Wildman–Crippen MR) is 74.3 cm³/mol. The van der Waals surface area contributed by atoms with E-state index in [1.54, 1.807) is 25.4 Å². The highest BCUT2D eigenvalue weighted by atomic mass is 16.5. The van der Waals surface area contributed by atoms with Crippen LogP contribution in [-0.2, 0) is 0 Å². The number of nitrogens with zero attached hydrogens (tertiary/aromatic N) is 3. The highest BCUT2D eigenvalue weighted by Crippen LogP contribution is 2.23. The Kier molecular flexibility index (Phi) is 3.16. The first-order valence-electron chi connectivity index (χ1n) is 6.17. The molecule has 0 radical (unpaired) electrons. The molecule has 3 rings (SSSR count). The summed E-state index contributed by atoms with van der Waals surface area (Å²) in [5, 5.41) is 4.00. The Morgan fingerprint density at radius 2 is 1.85 bits per heavy atom. The van der Waals surface area contributed by atoms with Crippen molar-refractivity contribution >= 4 is 0 Å². The third-order valence-electron chi connectivity index (χ3n) is 2.93. The maximum Gasteiger partial charge on any atom is 0.258 e. The first kappa shape index (κ1) is 12.3. The van der Waals surface area contributed by atoms with E-state index in [-0.39, 0.29) is 0 Å². The molecule has 5 heteroatoms. The van der Waals surface area contributed by atoms with Crippen molar-refractivity contribution in [3.05, 3.63) is 48.2 Å². The number of benzene rings is 1. The van der Waals surface area contributed by atoms with E-state index in [4.69, 9.17) is 9.26 Å². The maximum atomic E-state index is 5.29. The van der Waals surface area contributed by atoms with Crippen LogP contribution < -0.4 is 4.74 Å². The molecule has 0 aliphatic rings. The lowest BCUT2D eigenvalue weighted by Gasteiger charge is -1.98. The molecule has 0 spiro atoms. The molecule has 0 aliphatic carbocycles. The number of hydrogen-bond donors (Lipinski definition) is 0. The standard InChI is InChI=1S/C15H13N3O2/c1-10-3-5-11(6-4-10)14-17-15(20-18-14)12-7-8-16-13(9-12)19-2/h3-9H,1-2H3. The normalized spacial score (nSPS) is 10.5. The van der Waals surface area contributed by atoms with Crippen LogP contribution in [0.25, 0.3) is 22.8 Å². The first-order valence-corrected chi connectivity index (χ1v) is 6.17. The van der Waals surface area contributed by atoms with Crippen molar-refractivity contribution in [2.24, 2.45) is 0 Å². The SMILES string of the molecule is COc1cc(-c2nc(-c3ccc(C)cc3)no2)ccn1. The molecule has 0 amide bonds. The van der Waals surface area contributed by atoms with E-state index < -0.39 is 0 Å². The summed E-state index contributed by atoms with van der Waals surface area (Å²) in [6.45, 7) is 2.04. The molecular weight excluding hydrogens is 254 g/mol. The fourth-order valence-electron chi connectivity index (χ4n) is 1.81. The summed E-state index contributed by atoms with van der Waals surface area (Å²) in [6.07, 6.45) is 1.64. The number of ether oxygens (including phenoxy) is 1. The summed E-state index contributed by atoms with van der Waals surface area (Å²) in [6, 6.07) is 11.5. The summed E-state index contributed by atoms with van der Waals surface area (Å²) in [7, 11) is 1.57. The minimum atomic E-state index is 0.446. The Hall–Kier alpha value is -2.69. The van der Waals surface area contributed by atoms with Crippen LogP contribution in [0.5, 0.6) is 5.88 Å². The van der Waals surface area contributed by atoms with Gasteiger partial charge in [-0.2, -0.15) is 4.98 Å². The van der Waals surface area contributed by atoms with Crippen LogP contribution in [0.15, 0.2) is 47.1 Å². The molecule has 2 aromatic heterocycles. The van der Waals surface area contributed by atoms with Crippen molar-refractivity contribution in [1.82, 2.24) is 15.1 Å². The lowest BCUT2D eigenvalue weighted by molar-refractivity contribution is 0.397. The van der Waals surface area contributed by atoms with Crippen molar-refractivity contribution in [3.63, 3.8) is 0 Å². The van der Waals surface area contributed by atoms with E-state index in [0.717, 1.165) is 11.1 Å². The Labute approximate surface area is 116 Å². The third kappa shape index (κ3) is 2.38. The lowest BCUT2D eigenvalue weighted by Crippen LogP contribution is -1.87. The van der Waals surface area contributed by atoms with Gasteiger partial charge in [0.25, 0.3) is 5.89 Å². The van der Waals surface area contributed by atoms with Gasteiger partial charge in [0, 0.05) is 23.4 Å². The van der Waals surface area contributed by atoms with Crippen LogP contribution in [0.3, 0.4) is 0 Å². The second-order valence-corrected chi connectivity index (χ2v) is 4.38. The van der Waals surface area contributed by atoms with Gasteiger partial charge in [-0.05, 0) is 13.0 Å². The summed E-state index contributed by atoms with van der Waals surface area (Å²) in [5.74, 6) is 1.52. The van der Waals surface area contributed by atoms with Crippen molar-refractivity contribution in [2.75, 3.05) is 7.11 Å². The number of hydrogen-bond acceptors (Lipinski definition) is 5. The number of pyridine rings is 1. The van der Waals surface area contributed by atoms with Gasteiger partial charge in [-0.1, -0.05) is 35.0 Å². The largest absolute Gasteiger partial charge is 0.481 e. The van der Waals surface area contributed by atoms with Gasteiger partial charge in [0.1, 0.15) is 0 Å². The molecule has 20 heavy (non-hydrogen) atoms. The zero-order valence-electron chi connectivity index (χ0n) is 11.2. The van der Waals surface area contributed by atoms with Crippen molar-refractivity contribution < 1.29 is 9.26 Å². The van der Waals surface area contributed by atoms with E-state index >= 15 is 0 Å². The molecule has 0 aliphatic heterocycles. The summed E-state index contributed by atoms with van der Waals surface area (Å²) in [4.78, 5) is 8.44. The van der Waals surface area contributed by atoms with Gasteiger partial charge in [-0.3, -0.25) is 0 Å². The molecule has 2 heterocycles. The van der Waals surface area contributed by atoms with Crippen molar-refractivity contribution in [1.29, 1.82) is 0 Å². The summed E-state index contributed by atoms with van der Waals surface area (Å²) in [5.41, 5.74) is 2.89. The number of rotatable bonds is 3. The smallest absolute Gasteiger partial charge is 0.258 e. The number of methoxy groups -OCH3 is 1. The van der Waals surface area contributed by atoms with E-state index in [0.29, 0.717) is 17.6 Å². The Balaban J connectivity index is 1.95. The van der Waals surface area contributed by atoms with Gasteiger partial charge in [0.2, 0.25) is 11.7 Å². The molecule has 0 unspecified atom stereocenters. The van der Waals surface area contributed by atoms with E-state index in [1.165, 1.54) is 5.56 Å². The quantitative estimate of drug-likeness (QED) is 0.729. The topological polar surface area (TPSA) is 61.0 Å². The van der Waals surface area contributed by atoms with E-state index in [1.807, 2.05) is 31.2 Å². The van der Waals surface area contributed by atoms with Crippen LogP contribution in [0, 0.1) is 6.92 Å². The minimum absolute atomic E-state index is 0.446. The Morgan fingerprint density at radius 3 is 2.60 bits per heavy atom. The van der Waals surface area contributed by atoms with Crippen LogP contribution in [0.4, 0.5) is 0 Å². The second kappa shape index (κ2) is 5.13. The Morgan fingerprint density at radius 1 is 1.05 bits per heavy atom. The average molecular weight is 267 g/mol. The molecule has 5 nitrogen and oxygen atoms in total. The maximum absolute atomic E-state index is 5.29. The van der Waals surface area contributed by atoms with E-state index in [2.05, 4.69) is 15.1 Å². The molecule has 0 bridgehead atoms. The predicted octanol–water partition coefficient (Wildman–Crippen LogP) is 3.12. The van der Waals surface area contributed by atoms with Gasteiger partial charge < -0.3 is 9.26 Å². The van der Waals surface area contributed by atoms with Crippen molar-refractivity contribution in [3.8, 4) is 28.7 Å². The molecule has 3 aromatic rings. The third-order valence-corrected chi connectivity index (χ3v) is 2.93. The molecule has 0 saturated carbocycles. The molecule has 1 aromatic carbocycles. The lowest BCUT2D eigenvalue weighted by atomic mass is 10.1. The van der Waals surface area contributed by atoms with Crippen molar-refractivity contribution in [2.45, 2.75) is 6.92 Å². The molecule has 0 fully saturated rings. The summed E-state index contributed by atoms with van der Waals surface area (Å²) >= 11 is 0. The van der Waals surface area contributed by atoms with Crippen LogP contribution in [-0.4, -0.2) is 22.2 Å². The van der Waals surface area contributed by atoms with Gasteiger partial charge in [-0.25, -0.2) is 4.98 Å².